The molecule has 16 heavy (non-hydrogen) atoms. The fourth-order valence-electron chi connectivity index (χ4n) is 1.72. The zero-order chi connectivity index (χ0) is 12.3. The van der Waals surface area contributed by atoms with Crippen LogP contribution in [0.2, 0.25) is 0 Å². The topological polar surface area (TPSA) is 46.5 Å². The van der Waals surface area contributed by atoms with Crippen LogP contribution in [0.4, 0.5) is 0 Å². The molecule has 0 saturated carbocycles. The highest BCUT2D eigenvalue weighted by Crippen LogP contribution is 2.27. The van der Waals surface area contributed by atoms with Crippen LogP contribution in [0.15, 0.2) is 6.07 Å². The number of aryl methyl sites for hydroxylation is 1. The summed E-state index contributed by atoms with van der Waals surface area (Å²) in [7, 11) is 0. The Morgan fingerprint density at radius 1 is 1.31 bits per heavy atom. The van der Waals surface area contributed by atoms with Gasteiger partial charge in [-0.3, -0.25) is 4.79 Å². The predicted molar refractivity (Wildman–Crippen MR) is 62.7 cm³/mol. The second-order valence-electron chi connectivity index (χ2n) is 4.04. The van der Waals surface area contributed by atoms with E-state index in [0.717, 1.165) is 22.3 Å². The first-order chi connectivity index (χ1) is 7.43. The molecule has 1 aromatic carbocycles. The molecule has 0 unspecified atom stereocenters. The molecule has 0 aromatic heterocycles. The maximum atomic E-state index is 10.6. The second kappa shape index (κ2) is 5.01. The third-order valence-corrected chi connectivity index (χ3v) is 2.84. The number of phenols is 1. The van der Waals surface area contributed by atoms with Crippen LogP contribution in [-0.2, 0) is 16.0 Å². The molecule has 1 aromatic rings. The van der Waals surface area contributed by atoms with Crippen LogP contribution >= 0.6 is 0 Å². The van der Waals surface area contributed by atoms with Crippen LogP contribution in [0.3, 0.4) is 0 Å². The van der Waals surface area contributed by atoms with E-state index >= 15 is 0 Å². The van der Waals surface area contributed by atoms with Gasteiger partial charge in [0, 0.05) is 13.3 Å². The summed E-state index contributed by atoms with van der Waals surface area (Å²) in [4.78, 5) is 10.6. The number of hydrogen-bond donors (Lipinski definition) is 1. The number of carbonyl (C=O) groups excluding carboxylic acids is 1. The van der Waals surface area contributed by atoms with Gasteiger partial charge in [0.05, 0.1) is 6.61 Å². The molecule has 0 radical (unpaired) electrons. The number of ether oxygens (including phenoxy) is 1. The maximum Gasteiger partial charge on any atom is 0.302 e. The number of benzene rings is 1. The number of aromatic hydroxyl groups is 1. The Morgan fingerprint density at radius 2 is 1.94 bits per heavy atom. The monoisotopic (exact) mass is 222 g/mol. The standard InChI is InChI=1S/C13H18O3/c1-8-7-12(5-6-16-11(4)14)9(2)10(3)13(8)15/h7,15H,5-6H2,1-4H3. The third kappa shape index (κ3) is 2.75. The molecule has 1 N–H and O–H groups in total. The largest absolute Gasteiger partial charge is 0.507 e. The molecule has 0 amide bonds. The van der Waals surface area contributed by atoms with E-state index in [0.29, 0.717) is 18.8 Å². The van der Waals surface area contributed by atoms with Gasteiger partial charge in [0.15, 0.2) is 0 Å². The van der Waals surface area contributed by atoms with Crippen LogP contribution in [0.1, 0.15) is 29.2 Å². The van der Waals surface area contributed by atoms with E-state index in [9.17, 15) is 9.90 Å². The van der Waals surface area contributed by atoms with E-state index in [1.54, 1.807) is 0 Å². The Hall–Kier alpha value is -1.51. The fraction of sp³-hybridized carbons (Fsp3) is 0.462. The normalized spacial score (nSPS) is 10.2. The summed E-state index contributed by atoms with van der Waals surface area (Å²) >= 11 is 0. The average Bonchev–Trinajstić information content (AvgIpc) is 2.22. The molecule has 3 nitrogen and oxygen atoms in total. The van der Waals surface area contributed by atoms with E-state index in [-0.39, 0.29) is 5.97 Å². The zero-order valence-electron chi connectivity index (χ0n) is 10.3. The molecule has 0 heterocycles. The van der Waals surface area contributed by atoms with Crippen molar-refractivity contribution in [3.05, 3.63) is 28.3 Å². The van der Waals surface area contributed by atoms with Crippen molar-refractivity contribution in [2.75, 3.05) is 6.61 Å². The molecule has 0 atom stereocenters. The molecule has 0 saturated heterocycles. The van der Waals surface area contributed by atoms with Gasteiger partial charge >= 0.3 is 5.97 Å². The van der Waals surface area contributed by atoms with Crippen molar-refractivity contribution in [2.45, 2.75) is 34.1 Å². The first-order valence-electron chi connectivity index (χ1n) is 5.35. The highest BCUT2D eigenvalue weighted by Gasteiger charge is 2.09. The minimum atomic E-state index is -0.259. The minimum Gasteiger partial charge on any atom is -0.507 e. The maximum absolute atomic E-state index is 10.6. The lowest BCUT2D eigenvalue weighted by Crippen LogP contribution is -2.05. The van der Waals surface area contributed by atoms with E-state index in [2.05, 4.69) is 0 Å². The number of phenolic OH excluding ortho intramolecular Hbond substituents is 1. The molecule has 0 bridgehead atoms. The Labute approximate surface area is 96.1 Å². The summed E-state index contributed by atoms with van der Waals surface area (Å²) in [6.07, 6.45) is 0.688. The lowest BCUT2D eigenvalue weighted by Gasteiger charge is -2.12. The van der Waals surface area contributed by atoms with Crippen molar-refractivity contribution in [1.82, 2.24) is 0 Å². The predicted octanol–water partition coefficient (Wildman–Crippen LogP) is 2.42. The van der Waals surface area contributed by atoms with Crippen LogP contribution in [0, 0.1) is 20.8 Å². The fourth-order valence-corrected chi connectivity index (χ4v) is 1.72. The molecule has 0 aliphatic rings. The molecule has 1 rings (SSSR count). The van der Waals surface area contributed by atoms with Gasteiger partial charge in [-0.2, -0.15) is 0 Å². The van der Waals surface area contributed by atoms with Crippen molar-refractivity contribution in [2.24, 2.45) is 0 Å². The molecular formula is C13H18O3. The van der Waals surface area contributed by atoms with Crippen molar-refractivity contribution < 1.29 is 14.6 Å². The molecule has 0 aliphatic heterocycles. The number of esters is 1. The average molecular weight is 222 g/mol. The Kier molecular flexibility index (Phi) is 3.93. The van der Waals surface area contributed by atoms with Crippen LogP contribution in [-0.4, -0.2) is 17.7 Å². The Balaban J connectivity index is 2.85. The van der Waals surface area contributed by atoms with Crippen LogP contribution < -0.4 is 0 Å². The molecule has 0 fully saturated rings. The van der Waals surface area contributed by atoms with Crippen molar-refractivity contribution in [1.29, 1.82) is 0 Å². The van der Waals surface area contributed by atoms with Crippen molar-refractivity contribution in [3.63, 3.8) is 0 Å². The summed E-state index contributed by atoms with van der Waals surface area (Å²) < 4.78 is 4.91. The van der Waals surface area contributed by atoms with Gasteiger partial charge in [0.2, 0.25) is 0 Å². The molecule has 0 aliphatic carbocycles. The van der Waals surface area contributed by atoms with Crippen LogP contribution in [0.5, 0.6) is 5.75 Å². The van der Waals surface area contributed by atoms with E-state index in [1.165, 1.54) is 6.92 Å². The van der Waals surface area contributed by atoms with Gasteiger partial charge in [-0.1, -0.05) is 6.07 Å². The lowest BCUT2D eigenvalue weighted by molar-refractivity contribution is -0.140. The first-order valence-corrected chi connectivity index (χ1v) is 5.35. The van der Waals surface area contributed by atoms with Gasteiger partial charge < -0.3 is 9.84 Å². The van der Waals surface area contributed by atoms with Crippen molar-refractivity contribution >= 4 is 5.97 Å². The zero-order valence-corrected chi connectivity index (χ0v) is 10.3. The minimum absolute atomic E-state index is 0.259. The summed E-state index contributed by atoms with van der Waals surface area (Å²) in [5.74, 6) is 0.0959. The van der Waals surface area contributed by atoms with Gasteiger partial charge in [-0.15, -0.1) is 0 Å². The lowest BCUT2D eigenvalue weighted by atomic mass is 9.97. The molecule has 88 valence electrons. The highest BCUT2D eigenvalue weighted by molar-refractivity contribution is 5.65. The summed E-state index contributed by atoms with van der Waals surface area (Å²) in [6, 6.07) is 1.95. The highest BCUT2D eigenvalue weighted by atomic mass is 16.5. The SMILES string of the molecule is CC(=O)OCCc1cc(C)c(O)c(C)c1C. The first kappa shape index (κ1) is 12.6. The molecule has 0 spiro atoms. The molecular weight excluding hydrogens is 204 g/mol. The summed E-state index contributed by atoms with van der Waals surface area (Å²) in [5.41, 5.74) is 3.95. The second-order valence-corrected chi connectivity index (χ2v) is 4.04. The van der Waals surface area contributed by atoms with Crippen LogP contribution in [0.25, 0.3) is 0 Å². The number of hydrogen-bond acceptors (Lipinski definition) is 3. The van der Waals surface area contributed by atoms with Gasteiger partial charge in [-0.05, 0) is 43.0 Å². The summed E-state index contributed by atoms with van der Waals surface area (Å²) in [6.45, 7) is 7.53. The van der Waals surface area contributed by atoms with Gasteiger partial charge in [-0.25, -0.2) is 0 Å². The van der Waals surface area contributed by atoms with Crippen molar-refractivity contribution in [3.8, 4) is 5.75 Å². The Morgan fingerprint density at radius 3 is 2.50 bits per heavy atom. The van der Waals surface area contributed by atoms with E-state index in [4.69, 9.17) is 4.74 Å². The molecule has 3 heteroatoms. The van der Waals surface area contributed by atoms with Gasteiger partial charge in [0.25, 0.3) is 0 Å². The van der Waals surface area contributed by atoms with E-state index in [1.807, 2.05) is 26.8 Å². The van der Waals surface area contributed by atoms with E-state index < -0.39 is 0 Å². The number of carbonyl (C=O) groups is 1. The number of rotatable bonds is 3. The summed E-state index contributed by atoms with van der Waals surface area (Å²) in [5, 5.41) is 9.74. The Bertz CT molecular complexity index is 408. The smallest absolute Gasteiger partial charge is 0.302 e. The van der Waals surface area contributed by atoms with Gasteiger partial charge in [0.1, 0.15) is 5.75 Å². The quantitative estimate of drug-likeness (QED) is 0.799. The third-order valence-electron chi connectivity index (χ3n) is 2.84.